The van der Waals surface area contributed by atoms with Crippen LogP contribution < -0.4 is 16.0 Å². The van der Waals surface area contributed by atoms with Gasteiger partial charge in [-0.3, -0.25) is 9.59 Å². The molecule has 5 nitrogen and oxygen atoms in total. The van der Waals surface area contributed by atoms with Crippen molar-refractivity contribution in [2.75, 3.05) is 13.1 Å². The molecule has 3 N–H and O–H groups in total. The highest BCUT2D eigenvalue weighted by atomic mass is 16.2. The van der Waals surface area contributed by atoms with Crippen LogP contribution in [0.5, 0.6) is 0 Å². The van der Waals surface area contributed by atoms with Crippen LogP contribution in [0.2, 0.25) is 0 Å². The van der Waals surface area contributed by atoms with Gasteiger partial charge in [-0.25, -0.2) is 0 Å². The first-order chi connectivity index (χ1) is 24.6. The molecule has 0 atom stereocenters. The van der Waals surface area contributed by atoms with Crippen molar-refractivity contribution in [1.29, 1.82) is 0 Å². The Balaban J connectivity index is 3.74. The van der Waals surface area contributed by atoms with Gasteiger partial charge in [0.1, 0.15) is 6.17 Å². The molecule has 0 aliphatic heterocycles. The molecule has 298 valence electrons. The highest BCUT2D eigenvalue weighted by Gasteiger charge is 2.14. The lowest BCUT2D eigenvalue weighted by molar-refractivity contribution is -0.124. The number of rotatable bonds is 42. The first-order valence-corrected chi connectivity index (χ1v) is 22.9. The van der Waals surface area contributed by atoms with Crippen LogP contribution in [0.25, 0.3) is 0 Å². The molecule has 0 unspecified atom stereocenters. The predicted molar refractivity (Wildman–Crippen MR) is 221 cm³/mol. The second-order valence-electron chi connectivity index (χ2n) is 15.6. The first-order valence-electron chi connectivity index (χ1n) is 22.9. The van der Waals surface area contributed by atoms with E-state index in [1.54, 1.807) is 0 Å². The molecule has 0 heterocycles. The first kappa shape index (κ1) is 48.9. The van der Waals surface area contributed by atoms with E-state index in [-0.39, 0.29) is 18.0 Å². The highest BCUT2D eigenvalue weighted by molar-refractivity contribution is 5.79. The summed E-state index contributed by atoms with van der Waals surface area (Å²) in [5.41, 5.74) is 0. The molecule has 50 heavy (non-hydrogen) atoms. The van der Waals surface area contributed by atoms with Gasteiger partial charge >= 0.3 is 0 Å². The summed E-state index contributed by atoms with van der Waals surface area (Å²) in [6, 6.07) is 0. The monoisotopic (exact) mass is 706 g/mol. The van der Waals surface area contributed by atoms with Crippen LogP contribution in [0.4, 0.5) is 0 Å². The van der Waals surface area contributed by atoms with Gasteiger partial charge in [0.15, 0.2) is 0 Å². The molecule has 0 aromatic rings. The van der Waals surface area contributed by atoms with E-state index in [0.717, 1.165) is 45.2 Å². The lowest BCUT2D eigenvalue weighted by Gasteiger charge is -2.20. The Kier molecular flexibility index (Phi) is 41.4. The maximum atomic E-state index is 12.7. The topological polar surface area (TPSA) is 70.2 Å². The van der Waals surface area contributed by atoms with Crippen molar-refractivity contribution in [2.24, 2.45) is 0 Å². The Hall–Kier alpha value is -1.10. The van der Waals surface area contributed by atoms with Crippen molar-refractivity contribution in [3.63, 3.8) is 0 Å². The summed E-state index contributed by atoms with van der Waals surface area (Å²) in [5, 5.41) is 9.55. The van der Waals surface area contributed by atoms with Crippen LogP contribution in [0.3, 0.4) is 0 Å². The van der Waals surface area contributed by atoms with Crippen molar-refractivity contribution >= 4 is 11.8 Å². The average Bonchev–Trinajstić information content (AvgIpc) is 3.11. The molecule has 0 aromatic carbocycles. The maximum absolute atomic E-state index is 12.7. The highest BCUT2D eigenvalue weighted by Crippen LogP contribution is 2.16. The number of unbranched alkanes of at least 4 members (excludes halogenated alkanes) is 32. The van der Waals surface area contributed by atoms with Crippen LogP contribution >= 0.6 is 0 Å². The van der Waals surface area contributed by atoms with E-state index in [1.165, 1.54) is 193 Å². The summed E-state index contributed by atoms with van der Waals surface area (Å²) < 4.78 is 0. The Labute approximate surface area is 314 Å². The van der Waals surface area contributed by atoms with Gasteiger partial charge in [0.2, 0.25) is 11.8 Å². The third-order valence-corrected chi connectivity index (χ3v) is 10.5. The number of amides is 2. The molecule has 0 fully saturated rings. The largest absolute Gasteiger partial charge is 0.336 e. The minimum absolute atomic E-state index is 0.0746. The van der Waals surface area contributed by atoms with E-state index in [1.807, 2.05) is 0 Å². The van der Waals surface area contributed by atoms with Gasteiger partial charge in [0.05, 0.1) is 0 Å². The van der Waals surface area contributed by atoms with Gasteiger partial charge in [-0.05, 0) is 32.4 Å². The zero-order chi connectivity index (χ0) is 36.4. The van der Waals surface area contributed by atoms with Gasteiger partial charge in [-0.1, -0.05) is 226 Å². The van der Waals surface area contributed by atoms with E-state index in [4.69, 9.17) is 0 Å². The third-order valence-electron chi connectivity index (χ3n) is 10.5. The quantitative estimate of drug-likeness (QED) is 0.0437. The van der Waals surface area contributed by atoms with E-state index in [0.29, 0.717) is 12.8 Å². The second kappa shape index (κ2) is 42.3. The molecule has 0 saturated heterocycles. The molecule has 0 aliphatic rings. The number of carbonyl (C=O) groups is 2. The summed E-state index contributed by atoms with van der Waals surface area (Å²) in [6.45, 7) is 8.35. The lowest BCUT2D eigenvalue weighted by atomic mass is 10.0. The normalized spacial score (nSPS) is 11.4. The second-order valence-corrected chi connectivity index (χ2v) is 15.6. The number of nitrogens with one attached hydrogen (secondary N) is 3. The van der Waals surface area contributed by atoms with E-state index >= 15 is 0 Å². The van der Waals surface area contributed by atoms with Crippen molar-refractivity contribution in [1.82, 2.24) is 16.0 Å². The minimum atomic E-state index is -0.273. The number of hydrogen-bond donors (Lipinski definition) is 3. The smallest absolute Gasteiger partial charge is 0.221 e. The van der Waals surface area contributed by atoms with Gasteiger partial charge in [0.25, 0.3) is 0 Å². The van der Waals surface area contributed by atoms with Crippen LogP contribution in [0, 0.1) is 0 Å². The Morgan fingerprint density at radius 2 is 0.600 bits per heavy atom. The third kappa shape index (κ3) is 39.7. The summed E-state index contributed by atoms with van der Waals surface area (Å²) in [6.07, 6.45) is 47.3. The number of carbonyl (C=O) groups excluding carboxylic acids is 2. The van der Waals surface area contributed by atoms with Gasteiger partial charge in [0, 0.05) is 12.8 Å². The fraction of sp³-hybridized carbons (Fsp3) is 0.956. The molecule has 0 radical (unpaired) electrons. The van der Waals surface area contributed by atoms with Crippen molar-refractivity contribution in [3.8, 4) is 0 Å². The van der Waals surface area contributed by atoms with E-state index < -0.39 is 0 Å². The average molecular weight is 706 g/mol. The minimum Gasteiger partial charge on any atom is -0.336 e. The summed E-state index contributed by atoms with van der Waals surface area (Å²) in [4.78, 5) is 25.3. The Morgan fingerprint density at radius 3 is 0.840 bits per heavy atom. The fourth-order valence-electron chi connectivity index (χ4n) is 7.16. The summed E-state index contributed by atoms with van der Waals surface area (Å²) in [7, 11) is 0. The van der Waals surface area contributed by atoms with Gasteiger partial charge in [-0.15, -0.1) is 0 Å². The molecule has 0 spiro atoms. The van der Waals surface area contributed by atoms with Crippen LogP contribution in [-0.4, -0.2) is 31.1 Å². The van der Waals surface area contributed by atoms with Gasteiger partial charge < -0.3 is 16.0 Å². The molecule has 0 bridgehead atoms. The van der Waals surface area contributed by atoms with Crippen LogP contribution in [0.1, 0.15) is 258 Å². The predicted octanol–water partition coefficient (Wildman–Crippen LogP) is 13.6. The van der Waals surface area contributed by atoms with Crippen molar-refractivity contribution in [2.45, 2.75) is 265 Å². The standard InChI is InChI=1S/C45H91N3O2/c1-4-7-9-11-13-15-17-19-21-23-25-27-29-31-33-35-37-39-44(49)47-43(41-42-46-6-3)48-45(50)40-38-36-34-32-30-28-26-24-22-20-18-16-14-12-10-8-5-2/h43,46H,4-42H2,1-3H3,(H,47,49)(H,48,50). The van der Waals surface area contributed by atoms with Gasteiger partial charge in [-0.2, -0.15) is 0 Å². The lowest BCUT2D eigenvalue weighted by Crippen LogP contribution is -2.49. The zero-order valence-electron chi connectivity index (χ0n) is 34.5. The summed E-state index contributed by atoms with van der Waals surface area (Å²) >= 11 is 0. The Bertz CT molecular complexity index is 633. The fourth-order valence-corrected chi connectivity index (χ4v) is 7.16. The van der Waals surface area contributed by atoms with Crippen molar-refractivity contribution in [3.05, 3.63) is 0 Å². The summed E-state index contributed by atoms with van der Waals surface area (Å²) in [5.74, 6) is 0.149. The maximum Gasteiger partial charge on any atom is 0.221 e. The van der Waals surface area contributed by atoms with E-state index in [9.17, 15) is 9.59 Å². The molecule has 0 aromatic heterocycles. The van der Waals surface area contributed by atoms with Crippen molar-refractivity contribution < 1.29 is 9.59 Å². The van der Waals surface area contributed by atoms with Crippen LogP contribution in [0.15, 0.2) is 0 Å². The number of hydrogen-bond acceptors (Lipinski definition) is 3. The van der Waals surface area contributed by atoms with E-state index in [2.05, 4.69) is 36.7 Å². The molecule has 0 rings (SSSR count). The molecular weight excluding hydrogens is 615 g/mol. The molecule has 5 heteroatoms. The zero-order valence-corrected chi connectivity index (χ0v) is 34.5. The molecule has 0 saturated carbocycles. The SMILES string of the molecule is CCCCCCCCCCCCCCCCCCCC(=O)NC(CCNCC)NC(=O)CCCCCCCCCCCCCCCCCCC. The molecule has 0 aliphatic carbocycles. The Morgan fingerprint density at radius 1 is 0.360 bits per heavy atom. The molecular formula is C45H91N3O2. The molecule has 2 amide bonds. The van der Waals surface area contributed by atoms with Crippen LogP contribution in [-0.2, 0) is 9.59 Å².